The van der Waals surface area contributed by atoms with E-state index in [0.29, 0.717) is 5.69 Å². The van der Waals surface area contributed by atoms with Crippen LogP contribution in [0.5, 0.6) is 0 Å². The number of rotatable bonds is 6. The number of amides is 4. The third-order valence-electron chi connectivity index (χ3n) is 3.06. The Morgan fingerprint density at radius 1 is 1.21 bits per heavy atom. The van der Waals surface area contributed by atoms with Gasteiger partial charge in [0, 0.05) is 12.2 Å². The highest BCUT2D eigenvalue weighted by Gasteiger charge is 2.28. The molecule has 1 aromatic carbocycles. The second-order valence-electron chi connectivity index (χ2n) is 4.82. The Morgan fingerprint density at radius 2 is 1.96 bits per heavy atom. The van der Waals surface area contributed by atoms with Gasteiger partial charge in [0.2, 0.25) is 0 Å². The maximum atomic E-state index is 11.6. The third kappa shape index (κ3) is 5.27. The van der Waals surface area contributed by atoms with Crippen LogP contribution in [0.25, 0.3) is 0 Å². The second kappa shape index (κ2) is 8.51. The molecular formula is C15H17N3O6. The summed E-state index contributed by atoms with van der Waals surface area (Å²) in [6, 6.07) is 8.37. The van der Waals surface area contributed by atoms with Gasteiger partial charge in [-0.05, 0) is 12.1 Å². The molecule has 1 aliphatic heterocycles. The average Bonchev–Trinajstić information content (AvgIpc) is 2.99. The van der Waals surface area contributed by atoms with E-state index in [9.17, 15) is 19.2 Å². The van der Waals surface area contributed by atoms with Crippen LogP contribution in [0, 0.1) is 0 Å². The van der Waals surface area contributed by atoms with Crippen LogP contribution in [-0.4, -0.2) is 55.2 Å². The zero-order chi connectivity index (χ0) is 17.4. The molecule has 9 heteroatoms. The standard InChI is InChI=1S/C15H17N3O6/c19-12(18-8-9-23-15(18)22)10-24-13(20)6-7-16-14(21)17-11-4-2-1-3-5-11/h1-5H,6-10H2,(H2,16,17,21). The molecule has 1 heterocycles. The quantitative estimate of drug-likeness (QED) is 0.741. The fourth-order valence-electron chi connectivity index (χ4n) is 1.89. The maximum absolute atomic E-state index is 11.6. The molecule has 0 atom stereocenters. The summed E-state index contributed by atoms with van der Waals surface area (Å²) in [5, 5.41) is 5.09. The SMILES string of the molecule is O=C(NCCC(=O)OCC(=O)N1CCOC1=O)Nc1ccccc1. The predicted octanol–water partition coefficient (Wildman–Crippen LogP) is 0.720. The fraction of sp³-hybridized carbons (Fsp3) is 0.333. The van der Waals surface area contributed by atoms with Crippen LogP contribution in [0.3, 0.4) is 0 Å². The highest BCUT2D eigenvalue weighted by molar-refractivity contribution is 5.94. The summed E-state index contributed by atoms with van der Waals surface area (Å²) in [6.45, 7) is -0.197. The molecular weight excluding hydrogens is 318 g/mol. The first-order chi connectivity index (χ1) is 11.6. The number of nitrogens with one attached hydrogen (secondary N) is 2. The first-order valence-corrected chi connectivity index (χ1v) is 7.29. The monoisotopic (exact) mass is 335 g/mol. The Hall–Kier alpha value is -3.10. The lowest BCUT2D eigenvalue weighted by molar-refractivity contribution is -0.150. The number of hydrogen-bond acceptors (Lipinski definition) is 6. The van der Waals surface area contributed by atoms with Crippen LogP contribution in [-0.2, 0) is 19.1 Å². The van der Waals surface area contributed by atoms with Crippen molar-refractivity contribution >= 4 is 29.7 Å². The second-order valence-corrected chi connectivity index (χ2v) is 4.82. The van der Waals surface area contributed by atoms with Gasteiger partial charge in [-0.3, -0.25) is 9.59 Å². The molecule has 0 unspecified atom stereocenters. The van der Waals surface area contributed by atoms with Crippen LogP contribution in [0.1, 0.15) is 6.42 Å². The molecule has 1 aliphatic rings. The van der Waals surface area contributed by atoms with Crippen molar-refractivity contribution in [1.82, 2.24) is 10.2 Å². The molecule has 0 radical (unpaired) electrons. The molecule has 2 rings (SSSR count). The van der Waals surface area contributed by atoms with E-state index in [4.69, 9.17) is 4.74 Å². The molecule has 1 aromatic rings. The summed E-state index contributed by atoms with van der Waals surface area (Å²) in [5.41, 5.74) is 0.626. The number of urea groups is 1. The van der Waals surface area contributed by atoms with E-state index >= 15 is 0 Å². The lowest BCUT2D eigenvalue weighted by Crippen LogP contribution is -2.35. The van der Waals surface area contributed by atoms with Crippen molar-refractivity contribution in [2.24, 2.45) is 0 Å². The van der Waals surface area contributed by atoms with Crippen LogP contribution in [0.15, 0.2) is 30.3 Å². The van der Waals surface area contributed by atoms with Crippen LogP contribution >= 0.6 is 0 Å². The first-order valence-electron chi connectivity index (χ1n) is 7.29. The van der Waals surface area contributed by atoms with Crippen LogP contribution in [0.2, 0.25) is 0 Å². The molecule has 128 valence electrons. The molecule has 0 aliphatic carbocycles. The van der Waals surface area contributed by atoms with Gasteiger partial charge in [0.15, 0.2) is 6.61 Å². The molecule has 0 bridgehead atoms. The maximum Gasteiger partial charge on any atom is 0.416 e. The van der Waals surface area contributed by atoms with Gasteiger partial charge in [0.05, 0.1) is 13.0 Å². The van der Waals surface area contributed by atoms with E-state index in [1.54, 1.807) is 24.3 Å². The van der Waals surface area contributed by atoms with Crippen molar-refractivity contribution < 1.29 is 28.7 Å². The number of hydrogen-bond donors (Lipinski definition) is 2. The Labute approximate surface area is 137 Å². The minimum atomic E-state index is -0.740. The highest BCUT2D eigenvalue weighted by Crippen LogP contribution is 2.05. The fourth-order valence-corrected chi connectivity index (χ4v) is 1.89. The lowest BCUT2D eigenvalue weighted by atomic mass is 10.3. The van der Waals surface area contributed by atoms with Gasteiger partial charge in [-0.1, -0.05) is 18.2 Å². The van der Waals surface area contributed by atoms with Crippen LogP contribution < -0.4 is 10.6 Å². The van der Waals surface area contributed by atoms with Gasteiger partial charge in [0.1, 0.15) is 6.61 Å². The molecule has 1 fully saturated rings. The average molecular weight is 335 g/mol. The minimum Gasteiger partial charge on any atom is -0.455 e. The smallest absolute Gasteiger partial charge is 0.416 e. The van der Waals surface area contributed by atoms with Crippen molar-refractivity contribution in [3.8, 4) is 0 Å². The van der Waals surface area contributed by atoms with Crippen molar-refractivity contribution in [2.75, 3.05) is 31.6 Å². The number of carbonyl (C=O) groups excluding carboxylic acids is 4. The number of imide groups is 1. The molecule has 9 nitrogen and oxygen atoms in total. The topological polar surface area (TPSA) is 114 Å². The van der Waals surface area contributed by atoms with Gasteiger partial charge in [-0.15, -0.1) is 0 Å². The Kier molecular flexibility index (Phi) is 6.12. The summed E-state index contributed by atoms with van der Waals surface area (Å²) >= 11 is 0. The molecule has 0 aromatic heterocycles. The normalized spacial score (nSPS) is 13.2. The van der Waals surface area contributed by atoms with Crippen molar-refractivity contribution in [2.45, 2.75) is 6.42 Å². The van der Waals surface area contributed by atoms with Crippen molar-refractivity contribution in [3.05, 3.63) is 30.3 Å². The van der Waals surface area contributed by atoms with E-state index < -0.39 is 30.6 Å². The van der Waals surface area contributed by atoms with Gasteiger partial charge in [-0.2, -0.15) is 0 Å². The molecule has 24 heavy (non-hydrogen) atoms. The highest BCUT2D eigenvalue weighted by atomic mass is 16.6. The van der Waals surface area contributed by atoms with E-state index in [0.717, 1.165) is 4.90 Å². The molecule has 0 spiro atoms. The minimum absolute atomic E-state index is 0.0530. The van der Waals surface area contributed by atoms with Gasteiger partial charge >= 0.3 is 18.1 Å². The molecule has 1 saturated heterocycles. The van der Waals surface area contributed by atoms with E-state index in [1.807, 2.05) is 6.07 Å². The zero-order valence-electron chi connectivity index (χ0n) is 12.8. The molecule has 0 saturated carbocycles. The summed E-state index contributed by atoms with van der Waals surface area (Å²) in [6.07, 6.45) is -0.838. The Morgan fingerprint density at radius 3 is 2.62 bits per heavy atom. The zero-order valence-corrected chi connectivity index (χ0v) is 12.8. The Balaban J connectivity index is 1.60. The van der Waals surface area contributed by atoms with Crippen molar-refractivity contribution in [1.29, 1.82) is 0 Å². The van der Waals surface area contributed by atoms with Crippen LogP contribution in [0.4, 0.5) is 15.3 Å². The van der Waals surface area contributed by atoms with Gasteiger partial charge in [-0.25, -0.2) is 14.5 Å². The van der Waals surface area contributed by atoms with E-state index in [1.165, 1.54) is 0 Å². The van der Waals surface area contributed by atoms with Crippen molar-refractivity contribution in [3.63, 3.8) is 0 Å². The number of carbonyl (C=O) groups is 4. The number of cyclic esters (lactones) is 1. The number of para-hydroxylation sites is 1. The largest absolute Gasteiger partial charge is 0.455 e. The summed E-state index contributed by atoms with van der Waals surface area (Å²) in [5.74, 6) is -1.29. The third-order valence-corrected chi connectivity index (χ3v) is 3.06. The predicted molar refractivity (Wildman–Crippen MR) is 82.1 cm³/mol. The number of nitrogens with zero attached hydrogens (tertiary/aromatic N) is 1. The molecule has 2 N–H and O–H groups in total. The van der Waals surface area contributed by atoms with Gasteiger partial charge < -0.3 is 20.1 Å². The summed E-state index contributed by atoms with van der Waals surface area (Å²) in [4.78, 5) is 46.7. The summed E-state index contributed by atoms with van der Waals surface area (Å²) in [7, 11) is 0. The number of ether oxygens (including phenoxy) is 2. The number of esters is 1. The van der Waals surface area contributed by atoms with Gasteiger partial charge in [0.25, 0.3) is 5.91 Å². The summed E-state index contributed by atoms with van der Waals surface area (Å²) < 4.78 is 9.36. The Bertz CT molecular complexity index is 619. The van der Waals surface area contributed by atoms with E-state index in [2.05, 4.69) is 15.4 Å². The number of benzene rings is 1. The first kappa shape index (κ1) is 17.3. The molecule has 4 amide bonds. The lowest BCUT2D eigenvalue weighted by Gasteiger charge is -2.11. The number of anilines is 1. The van der Waals surface area contributed by atoms with E-state index in [-0.39, 0.29) is 26.1 Å².